The molecule has 0 spiro atoms. The molecule has 4 heteroatoms. The summed E-state index contributed by atoms with van der Waals surface area (Å²) < 4.78 is 0. The summed E-state index contributed by atoms with van der Waals surface area (Å²) in [5, 5.41) is 4.15. The van der Waals surface area contributed by atoms with Crippen molar-refractivity contribution in [2.45, 2.75) is 20.3 Å². The number of fused-ring (bicyclic) bond motifs is 3. The molecule has 0 saturated carbocycles. The predicted molar refractivity (Wildman–Crippen MR) is 71.5 cm³/mol. The molecule has 0 aliphatic carbocycles. The van der Waals surface area contributed by atoms with Crippen LogP contribution in [0.3, 0.4) is 0 Å². The summed E-state index contributed by atoms with van der Waals surface area (Å²) in [7, 11) is 0. The van der Waals surface area contributed by atoms with Crippen molar-refractivity contribution < 1.29 is 4.79 Å². The Kier molecular flexibility index (Phi) is 2.67. The molecule has 0 aromatic heterocycles. The molecule has 2 heterocycles. The lowest BCUT2D eigenvalue weighted by molar-refractivity contribution is -0.112. The molecule has 1 aromatic rings. The van der Waals surface area contributed by atoms with Crippen LogP contribution in [0.15, 0.2) is 29.3 Å². The number of hydrogen-bond acceptors (Lipinski definition) is 4. The van der Waals surface area contributed by atoms with Crippen molar-refractivity contribution in [3.05, 3.63) is 29.8 Å². The third-order valence-electron chi connectivity index (χ3n) is 3.26. The summed E-state index contributed by atoms with van der Waals surface area (Å²) in [5.74, 6) is 1.28. The normalized spacial score (nSPS) is 18.9. The quantitative estimate of drug-likeness (QED) is 0.795. The molecular formula is C14H17N3O. The number of rotatable bonds is 2. The molecule has 2 aliphatic rings. The Bertz CT molecular complexity index is 522. The monoisotopic (exact) mass is 243 g/mol. The van der Waals surface area contributed by atoms with E-state index in [4.69, 9.17) is 0 Å². The standard InChI is InChI=1S/C14H17N3O/c1-10(2)8-16-9-15-14-13(18)7-11-5-3-4-6-12(11)17(14)16/h3-6,10H,7-9H2,1-2H3. The molecule has 1 aromatic carbocycles. The second-order valence-corrected chi connectivity index (χ2v) is 5.25. The van der Waals surface area contributed by atoms with E-state index in [0.717, 1.165) is 17.8 Å². The number of hydrogen-bond donors (Lipinski definition) is 0. The second kappa shape index (κ2) is 4.21. The molecule has 0 bridgehead atoms. The number of Topliss-reactive ketones (excluding diaryl/α,β-unsaturated/α-hetero) is 1. The maximum Gasteiger partial charge on any atom is 0.203 e. The molecule has 0 unspecified atom stereocenters. The van der Waals surface area contributed by atoms with E-state index in [-0.39, 0.29) is 5.78 Å². The third-order valence-corrected chi connectivity index (χ3v) is 3.26. The van der Waals surface area contributed by atoms with Crippen molar-refractivity contribution in [1.29, 1.82) is 0 Å². The number of aliphatic imine (C=N–C) groups is 1. The lowest BCUT2D eigenvalue weighted by Crippen LogP contribution is -2.48. The average molecular weight is 243 g/mol. The average Bonchev–Trinajstić information content (AvgIpc) is 2.73. The van der Waals surface area contributed by atoms with Crippen LogP contribution >= 0.6 is 0 Å². The fourth-order valence-corrected chi connectivity index (χ4v) is 2.57. The Hall–Kier alpha value is -1.68. The zero-order valence-corrected chi connectivity index (χ0v) is 10.8. The second-order valence-electron chi connectivity index (χ2n) is 5.25. The van der Waals surface area contributed by atoms with E-state index < -0.39 is 0 Å². The van der Waals surface area contributed by atoms with Crippen molar-refractivity contribution in [3.63, 3.8) is 0 Å². The fourth-order valence-electron chi connectivity index (χ4n) is 2.57. The number of amidine groups is 1. The molecule has 0 saturated heterocycles. The van der Waals surface area contributed by atoms with E-state index in [1.807, 2.05) is 23.2 Å². The van der Waals surface area contributed by atoms with Gasteiger partial charge in [-0.3, -0.25) is 9.80 Å². The number of anilines is 1. The highest BCUT2D eigenvalue weighted by atomic mass is 16.1. The number of nitrogens with zero attached hydrogens (tertiary/aromatic N) is 3. The van der Waals surface area contributed by atoms with Crippen LogP contribution < -0.4 is 5.01 Å². The molecule has 18 heavy (non-hydrogen) atoms. The number of ketones is 1. The molecule has 94 valence electrons. The first-order valence-corrected chi connectivity index (χ1v) is 6.37. The Labute approximate surface area is 107 Å². The summed E-state index contributed by atoms with van der Waals surface area (Å²) in [6.45, 7) is 5.85. The van der Waals surface area contributed by atoms with Gasteiger partial charge >= 0.3 is 0 Å². The minimum absolute atomic E-state index is 0.125. The summed E-state index contributed by atoms with van der Waals surface area (Å²) in [6, 6.07) is 8.08. The summed E-state index contributed by atoms with van der Waals surface area (Å²) in [5.41, 5.74) is 2.20. The molecule has 0 atom stereocenters. The van der Waals surface area contributed by atoms with Crippen LogP contribution in [0.25, 0.3) is 0 Å². The van der Waals surface area contributed by atoms with E-state index in [2.05, 4.69) is 29.9 Å². The van der Waals surface area contributed by atoms with Crippen LogP contribution in [0.2, 0.25) is 0 Å². The van der Waals surface area contributed by atoms with Gasteiger partial charge in [-0.15, -0.1) is 0 Å². The minimum atomic E-state index is 0.125. The molecule has 0 radical (unpaired) electrons. The molecule has 0 fully saturated rings. The number of para-hydroxylation sites is 1. The highest BCUT2D eigenvalue weighted by Crippen LogP contribution is 2.30. The molecule has 3 rings (SSSR count). The zero-order valence-electron chi connectivity index (χ0n) is 10.8. The van der Waals surface area contributed by atoms with Crippen molar-refractivity contribution >= 4 is 17.3 Å². The van der Waals surface area contributed by atoms with Crippen LogP contribution in [0.5, 0.6) is 0 Å². The molecule has 0 N–H and O–H groups in total. The van der Waals surface area contributed by atoms with Crippen LogP contribution in [0.1, 0.15) is 19.4 Å². The Morgan fingerprint density at radius 3 is 2.89 bits per heavy atom. The van der Waals surface area contributed by atoms with Crippen molar-refractivity contribution in [2.24, 2.45) is 10.9 Å². The first kappa shape index (κ1) is 11.4. The Morgan fingerprint density at radius 1 is 1.33 bits per heavy atom. The minimum Gasteiger partial charge on any atom is -0.290 e. The van der Waals surface area contributed by atoms with Gasteiger partial charge in [-0.25, -0.2) is 4.99 Å². The number of carbonyl (C=O) groups is 1. The summed E-state index contributed by atoms with van der Waals surface area (Å²) in [4.78, 5) is 16.5. The Balaban J connectivity index is 2.01. The van der Waals surface area contributed by atoms with E-state index in [9.17, 15) is 4.79 Å². The highest BCUT2D eigenvalue weighted by molar-refractivity contribution is 6.46. The van der Waals surface area contributed by atoms with Gasteiger partial charge < -0.3 is 0 Å². The topological polar surface area (TPSA) is 35.9 Å². The van der Waals surface area contributed by atoms with Crippen molar-refractivity contribution in [3.8, 4) is 0 Å². The van der Waals surface area contributed by atoms with E-state index in [1.54, 1.807) is 0 Å². The van der Waals surface area contributed by atoms with Gasteiger partial charge in [0.25, 0.3) is 0 Å². The first-order valence-electron chi connectivity index (χ1n) is 6.37. The summed E-state index contributed by atoms with van der Waals surface area (Å²) in [6.07, 6.45) is 0.473. The fraction of sp³-hybridized carbons (Fsp3) is 0.429. The van der Waals surface area contributed by atoms with Crippen LogP contribution in [0, 0.1) is 5.92 Å². The highest BCUT2D eigenvalue weighted by Gasteiger charge is 2.36. The van der Waals surface area contributed by atoms with Gasteiger partial charge in [0.1, 0.15) is 6.67 Å². The molecule has 0 amide bonds. The lowest BCUT2D eigenvalue weighted by Gasteiger charge is -2.34. The van der Waals surface area contributed by atoms with E-state index in [0.29, 0.717) is 24.8 Å². The number of hydrazine groups is 1. The van der Waals surface area contributed by atoms with Crippen LogP contribution in [-0.4, -0.2) is 29.8 Å². The van der Waals surface area contributed by atoms with Gasteiger partial charge in [0.15, 0.2) is 5.84 Å². The van der Waals surface area contributed by atoms with Gasteiger partial charge in [-0.2, -0.15) is 5.01 Å². The largest absolute Gasteiger partial charge is 0.290 e. The smallest absolute Gasteiger partial charge is 0.203 e. The van der Waals surface area contributed by atoms with E-state index >= 15 is 0 Å². The van der Waals surface area contributed by atoms with Gasteiger partial charge in [0.2, 0.25) is 5.78 Å². The SMILES string of the molecule is CC(C)CN1CN=C2C(=O)Cc3ccccc3N21. The van der Waals surface area contributed by atoms with Gasteiger partial charge in [-0.05, 0) is 17.5 Å². The van der Waals surface area contributed by atoms with Gasteiger partial charge in [0, 0.05) is 13.0 Å². The van der Waals surface area contributed by atoms with Crippen molar-refractivity contribution in [1.82, 2.24) is 5.01 Å². The van der Waals surface area contributed by atoms with Crippen molar-refractivity contribution in [2.75, 3.05) is 18.2 Å². The van der Waals surface area contributed by atoms with Crippen LogP contribution in [0.4, 0.5) is 5.69 Å². The van der Waals surface area contributed by atoms with Crippen LogP contribution in [-0.2, 0) is 11.2 Å². The third kappa shape index (κ3) is 1.73. The zero-order chi connectivity index (χ0) is 12.7. The number of benzene rings is 1. The summed E-state index contributed by atoms with van der Waals surface area (Å²) >= 11 is 0. The first-order chi connectivity index (χ1) is 8.66. The van der Waals surface area contributed by atoms with E-state index in [1.165, 1.54) is 0 Å². The van der Waals surface area contributed by atoms with Gasteiger partial charge in [0.05, 0.1) is 5.69 Å². The maximum absolute atomic E-state index is 12.1. The predicted octanol–water partition coefficient (Wildman–Crippen LogP) is 1.86. The maximum atomic E-state index is 12.1. The lowest BCUT2D eigenvalue weighted by atomic mass is 10.0. The molecular weight excluding hydrogens is 226 g/mol. The number of carbonyl (C=O) groups excluding carboxylic acids is 1. The van der Waals surface area contributed by atoms with Gasteiger partial charge in [-0.1, -0.05) is 32.0 Å². The molecule has 4 nitrogen and oxygen atoms in total. The Morgan fingerprint density at radius 2 is 2.11 bits per heavy atom. The molecule has 2 aliphatic heterocycles.